The van der Waals surface area contributed by atoms with E-state index in [0.717, 1.165) is 11.5 Å². The molecule has 1 aromatic heterocycles. The van der Waals surface area contributed by atoms with Crippen LogP contribution in [0.1, 0.15) is 17.4 Å². The lowest BCUT2D eigenvalue weighted by atomic mass is 10.0. The zero-order chi connectivity index (χ0) is 14.7. The molecule has 1 unspecified atom stereocenters. The van der Waals surface area contributed by atoms with Crippen LogP contribution in [0.25, 0.3) is 0 Å². The van der Waals surface area contributed by atoms with Gasteiger partial charge in [0.2, 0.25) is 0 Å². The summed E-state index contributed by atoms with van der Waals surface area (Å²) in [5, 5.41) is 3.36. The van der Waals surface area contributed by atoms with Crippen molar-refractivity contribution in [2.45, 2.75) is 6.04 Å². The lowest BCUT2D eigenvalue weighted by Gasteiger charge is -2.20. The van der Waals surface area contributed by atoms with Gasteiger partial charge in [-0.05, 0) is 18.2 Å². The summed E-state index contributed by atoms with van der Waals surface area (Å²) in [6.45, 7) is 0. The molecule has 106 valence electrons. The van der Waals surface area contributed by atoms with E-state index in [4.69, 9.17) is 0 Å². The number of aryl methyl sites for hydroxylation is 1. The second-order valence-electron chi connectivity index (χ2n) is 4.86. The third-order valence-electron chi connectivity index (χ3n) is 3.42. The van der Waals surface area contributed by atoms with Gasteiger partial charge in [-0.3, -0.25) is 0 Å². The van der Waals surface area contributed by atoms with Crippen LogP contribution in [-0.2, 0) is 7.05 Å². The number of halogens is 1. The summed E-state index contributed by atoms with van der Waals surface area (Å²) < 4.78 is 16.1. The zero-order valence-corrected chi connectivity index (χ0v) is 11.7. The predicted octanol–water partition coefficient (Wildman–Crippen LogP) is 3.76. The van der Waals surface area contributed by atoms with Gasteiger partial charge >= 0.3 is 0 Å². The lowest BCUT2D eigenvalue weighted by Crippen LogP contribution is -2.18. The highest BCUT2D eigenvalue weighted by Crippen LogP contribution is 2.27. The van der Waals surface area contributed by atoms with Crippen LogP contribution in [0.3, 0.4) is 0 Å². The Balaban J connectivity index is 2.04. The van der Waals surface area contributed by atoms with Crippen molar-refractivity contribution in [3.63, 3.8) is 0 Å². The van der Waals surface area contributed by atoms with E-state index >= 15 is 0 Å². The Morgan fingerprint density at radius 1 is 1.05 bits per heavy atom. The van der Waals surface area contributed by atoms with Crippen LogP contribution in [-0.4, -0.2) is 9.55 Å². The Morgan fingerprint density at radius 2 is 1.76 bits per heavy atom. The highest BCUT2D eigenvalue weighted by Gasteiger charge is 2.21. The van der Waals surface area contributed by atoms with Gasteiger partial charge in [-0.1, -0.05) is 36.4 Å². The quantitative estimate of drug-likeness (QED) is 0.789. The maximum Gasteiger partial charge on any atom is 0.135 e. The Bertz CT molecular complexity index is 722. The summed E-state index contributed by atoms with van der Waals surface area (Å²) in [7, 11) is 1.91. The molecule has 4 heteroatoms. The molecule has 0 radical (unpaired) electrons. The molecule has 1 N–H and O–H groups in total. The predicted molar refractivity (Wildman–Crippen MR) is 81.5 cm³/mol. The van der Waals surface area contributed by atoms with Gasteiger partial charge in [0.1, 0.15) is 17.7 Å². The molecule has 0 aliphatic carbocycles. The van der Waals surface area contributed by atoms with Gasteiger partial charge < -0.3 is 9.88 Å². The molecule has 2 aromatic carbocycles. The van der Waals surface area contributed by atoms with Crippen LogP contribution in [0, 0.1) is 5.82 Å². The van der Waals surface area contributed by atoms with Gasteiger partial charge in [-0.25, -0.2) is 9.37 Å². The summed E-state index contributed by atoms with van der Waals surface area (Å²) in [4.78, 5) is 4.36. The topological polar surface area (TPSA) is 29.9 Å². The summed E-state index contributed by atoms with van der Waals surface area (Å²) in [6.07, 6.45) is 3.58. The molecular weight excluding hydrogens is 265 g/mol. The van der Waals surface area contributed by atoms with Crippen LogP contribution < -0.4 is 5.32 Å². The summed E-state index contributed by atoms with van der Waals surface area (Å²) in [5.41, 5.74) is 1.50. The number of nitrogens with zero attached hydrogens (tertiary/aromatic N) is 2. The molecule has 0 amide bonds. The highest BCUT2D eigenvalue weighted by atomic mass is 19.1. The van der Waals surface area contributed by atoms with Crippen molar-refractivity contribution >= 4 is 5.69 Å². The van der Waals surface area contributed by atoms with Crippen molar-refractivity contribution in [3.8, 4) is 0 Å². The Hall–Kier alpha value is -2.62. The minimum Gasteiger partial charge on any atom is -0.371 e. The van der Waals surface area contributed by atoms with Gasteiger partial charge in [0, 0.05) is 30.7 Å². The number of imidazole rings is 1. The Labute approximate surface area is 123 Å². The Kier molecular flexibility index (Phi) is 3.69. The third-order valence-corrected chi connectivity index (χ3v) is 3.42. The largest absolute Gasteiger partial charge is 0.371 e. The fraction of sp³-hybridized carbons (Fsp3) is 0.118. The fourth-order valence-electron chi connectivity index (χ4n) is 2.35. The summed E-state index contributed by atoms with van der Waals surface area (Å²) in [6, 6.07) is 16.2. The lowest BCUT2D eigenvalue weighted by molar-refractivity contribution is 0.596. The van der Waals surface area contributed by atoms with E-state index < -0.39 is 0 Å². The van der Waals surface area contributed by atoms with Gasteiger partial charge in [0.25, 0.3) is 0 Å². The fourth-order valence-corrected chi connectivity index (χ4v) is 2.35. The van der Waals surface area contributed by atoms with E-state index in [0.29, 0.717) is 5.56 Å². The van der Waals surface area contributed by atoms with E-state index in [2.05, 4.69) is 10.3 Å². The molecule has 3 rings (SSSR count). The molecule has 1 atom stereocenters. The number of nitrogens with one attached hydrogen (secondary N) is 1. The summed E-state index contributed by atoms with van der Waals surface area (Å²) >= 11 is 0. The molecule has 1 heterocycles. The van der Waals surface area contributed by atoms with Crippen LogP contribution in [0.4, 0.5) is 10.1 Å². The van der Waals surface area contributed by atoms with Crippen LogP contribution >= 0.6 is 0 Å². The van der Waals surface area contributed by atoms with Crippen molar-refractivity contribution in [2.75, 3.05) is 5.32 Å². The average molecular weight is 281 g/mol. The van der Waals surface area contributed by atoms with E-state index in [9.17, 15) is 4.39 Å². The second-order valence-corrected chi connectivity index (χ2v) is 4.86. The number of para-hydroxylation sites is 1. The van der Waals surface area contributed by atoms with E-state index in [1.165, 1.54) is 6.07 Å². The third kappa shape index (κ3) is 2.79. The zero-order valence-electron chi connectivity index (χ0n) is 11.7. The molecule has 21 heavy (non-hydrogen) atoms. The van der Waals surface area contributed by atoms with Crippen molar-refractivity contribution in [2.24, 2.45) is 7.05 Å². The normalized spacial score (nSPS) is 12.1. The smallest absolute Gasteiger partial charge is 0.135 e. The standard InChI is InChI=1S/C17H16FN3/c1-21-12-11-19-17(21)16(14-9-5-6-10-15(14)18)20-13-7-3-2-4-8-13/h2-12,16,20H,1H3. The average Bonchev–Trinajstić information content (AvgIpc) is 2.93. The van der Waals surface area contributed by atoms with Crippen molar-refractivity contribution < 1.29 is 4.39 Å². The maximum absolute atomic E-state index is 14.2. The minimum atomic E-state index is -0.339. The SMILES string of the molecule is Cn1ccnc1C(Nc1ccccc1)c1ccccc1F. The van der Waals surface area contributed by atoms with Crippen LogP contribution in [0.15, 0.2) is 67.0 Å². The molecule has 0 aliphatic rings. The molecule has 0 spiro atoms. The van der Waals surface area contributed by atoms with E-state index in [1.807, 2.05) is 54.2 Å². The monoisotopic (exact) mass is 281 g/mol. The first-order valence-electron chi connectivity index (χ1n) is 6.79. The van der Waals surface area contributed by atoms with Gasteiger partial charge in [-0.2, -0.15) is 0 Å². The van der Waals surface area contributed by atoms with Crippen molar-refractivity contribution in [3.05, 3.63) is 84.2 Å². The molecule has 0 bridgehead atoms. The molecule has 0 fully saturated rings. The molecule has 0 saturated heterocycles. The van der Waals surface area contributed by atoms with E-state index in [-0.39, 0.29) is 11.9 Å². The molecular formula is C17H16FN3. The second kappa shape index (κ2) is 5.79. The molecule has 0 aliphatic heterocycles. The maximum atomic E-state index is 14.2. The van der Waals surface area contributed by atoms with Crippen molar-refractivity contribution in [1.82, 2.24) is 9.55 Å². The Morgan fingerprint density at radius 3 is 2.43 bits per heavy atom. The van der Waals surface area contributed by atoms with Gasteiger partial charge in [0.05, 0.1) is 0 Å². The number of aromatic nitrogens is 2. The number of rotatable bonds is 4. The van der Waals surface area contributed by atoms with Gasteiger partial charge in [-0.15, -0.1) is 0 Å². The van der Waals surface area contributed by atoms with E-state index in [1.54, 1.807) is 18.3 Å². The molecule has 0 saturated carbocycles. The van der Waals surface area contributed by atoms with Gasteiger partial charge in [0.15, 0.2) is 0 Å². The number of benzene rings is 2. The molecule has 3 nitrogen and oxygen atoms in total. The van der Waals surface area contributed by atoms with Crippen molar-refractivity contribution in [1.29, 1.82) is 0 Å². The highest BCUT2D eigenvalue weighted by molar-refractivity contribution is 5.47. The first-order chi connectivity index (χ1) is 10.3. The molecule has 3 aromatic rings. The van der Waals surface area contributed by atoms with Crippen LogP contribution in [0.2, 0.25) is 0 Å². The number of hydrogen-bond donors (Lipinski definition) is 1. The number of anilines is 1. The minimum absolute atomic E-state index is 0.242. The summed E-state index contributed by atoms with van der Waals surface area (Å²) in [5.74, 6) is 0.526. The number of hydrogen-bond acceptors (Lipinski definition) is 2. The first kappa shape index (κ1) is 13.4. The van der Waals surface area contributed by atoms with Crippen LogP contribution in [0.5, 0.6) is 0 Å². The first-order valence-corrected chi connectivity index (χ1v) is 6.79.